The molecular formula is C7H16O. The van der Waals surface area contributed by atoms with Gasteiger partial charge in [0, 0.05) is 6.42 Å². The standard InChI is InChI=1S/C4H10.C3H6O/c1-3-4-2;1-2-3-4/h3-4H2,1-2H3;3H,2H2,1H3. The second-order valence-electron chi connectivity index (χ2n) is 1.57. The van der Waals surface area contributed by atoms with Gasteiger partial charge in [-0.3, -0.25) is 0 Å². The summed E-state index contributed by atoms with van der Waals surface area (Å²) in [6.07, 6.45) is 4.15. The molecule has 0 radical (unpaired) electrons. The Morgan fingerprint density at radius 2 is 1.38 bits per heavy atom. The molecule has 0 atom stereocenters. The van der Waals surface area contributed by atoms with Crippen LogP contribution in [0.15, 0.2) is 0 Å². The molecule has 0 bridgehead atoms. The largest absolute Gasteiger partial charge is 0.303 e. The lowest BCUT2D eigenvalue weighted by atomic mass is 10.4. The predicted molar refractivity (Wildman–Crippen MR) is 36.9 cm³/mol. The highest BCUT2D eigenvalue weighted by Gasteiger charge is 1.56. The van der Waals surface area contributed by atoms with E-state index in [1.165, 1.54) is 12.8 Å². The Bertz CT molecular complexity index is 31.4. The molecule has 0 aliphatic carbocycles. The first-order chi connectivity index (χ1) is 3.83. The Labute approximate surface area is 52.1 Å². The number of carbonyl (C=O) groups excluding carboxylic acids is 1. The first kappa shape index (κ1) is 10.6. The maximum atomic E-state index is 9.17. The fourth-order valence-electron chi connectivity index (χ4n) is 0. The van der Waals surface area contributed by atoms with Gasteiger partial charge >= 0.3 is 0 Å². The van der Waals surface area contributed by atoms with Crippen molar-refractivity contribution >= 4 is 6.29 Å². The Morgan fingerprint density at radius 1 is 1.12 bits per heavy atom. The summed E-state index contributed by atoms with van der Waals surface area (Å²) in [7, 11) is 0. The van der Waals surface area contributed by atoms with E-state index in [9.17, 15) is 4.79 Å². The van der Waals surface area contributed by atoms with Crippen molar-refractivity contribution in [3.05, 3.63) is 0 Å². The second kappa shape index (κ2) is 15.9. The van der Waals surface area contributed by atoms with Crippen LogP contribution in [0.5, 0.6) is 0 Å². The van der Waals surface area contributed by atoms with Crippen LogP contribution in [0.4, 0.5) is 0 Å². The zero-order valence-corrected chi connectivity index (χ0v) is 6.11. The molecule has 0 saturated carbocycles. The quantitative estimate of drug-likeness (QED) is 0.506. The fourth-order valence-corrected chi connectivity index (χ4v) is 0. The molecule has 0 unspecified atom stereocenters. The Hall–Kier alpha value is -0.330. The van der Waals surface area contributed by atoms with Crippen molar-refractivity contribution in [2.45, 2.75) is 40.0 Å². The molecular weight excluding hydrogens is 100 g/mol. The average molecular weight is 116 g/mol. The van der Waals surface area contributed by atoms with Crippen LogP contribution in [0.2, 0.25) is 0 Å². The third-order valence-electron chi connectivity index (χ3n) is 0.667. The van der Waals surface area contributed by atoms with Crippen LogP contribution in [0.25, 0.3) is 0 Å². The molecule has 0 N–H and O–H groups in total. The van der Waals surface area contributed by atoms with E-state index in [0.29, 0.717) is 6.42 Å². The van der Waals surface area contributed by atoms with Gasteiger partial charge in [0.1, 0.15) is 6.29 Å². The van der Waals surface area contributed by atoms with Crippen molar-refractivity contribution in [3.63, 3.8) is 0 Å². The Balaban J connectivity index is 0. The zero-order valence-electron chi connectivity index (χ0n) is 6.11. The van der Waals surface area contributed by atoms with Gasteiger partial charge < -0.3 is 4.79 Å². The van der Waals surface area contributed by atoms with Crippen LogP contribution in [-0.2, 0) is 4.79 Å². The highest BCUT2D eigenvalue weighted by Crippen LogP contribution is 1.76. The molecule has 1 nitrogen and oxygen atoms in total. The van der Waals surface area contributed by atoms with Gasteiger partial charge in [-0.15, -0.1) is 0 Å². The maximum Gasteiger partial charge on any atom is 0.119 e. The normalized spacial score (nSPS) is 6.88. The van der Waals surface area contributed by atoms with Gasteiger partial charge in [0.15, 0.2) is 0 Å². The van der Waals surface area contributed by atoms with Crippen molar-refractivity contribution in [1.82, 2.24) is 0 Å². The van der Waals surface area contributed by atoms with Crippen molar-refractivity contribution < 1.29 is 4.79 Å². The van der Waals surface area contributed by atoms with Crippen molar-refractivity contribution in [1.29, 1.82) is 0 Å². The molecule has 0 saturated heterocycles. The number of hydrogen-bond donors (Lipinski definition) is 0. The fraction of sp³-hybridized carbons (Fsp3) is 0.857. The van der Waals surface area contributed by atoms with Gasteiger partial charge in [0.05, 0.1) is 0 Å². The molecule has 0 amide bonds. The molecule has 50 valence electrons. The summed E-state index contributed by atoms with van der Waals surface area (Å²) in [4.78, 5) is 9.17. The minimum Gasteiger partial charge on any atom is -0.303 e. The lowest BCUT2D eigenvalue weighted by molar-refractivity contribution is -0.107. The van der Waals surface area contributed by atoms with Crippen LogP contribution < -0.4 is 0 Å². The number of aldehydes is 1. The molecule has 0 aromatic carbocycles. The van der Waals surface area contributed by atoms with Crippen molar-refractivity contribution in [3.8, 4) is 0 Å². The summed E-state index contributed by atoms with van der Waals surface area (Å²) >= 11 is 0. The molecule has 0 heterocycles. The van der Waals surface area contributed by atoms with Gasteiger partial charge in [0.25, 0.3) is 0 Å². The van der Waals surface area contributed by atoms with Crippen LogP contribution in [0.1, 0.15) is 40.0 Å². The van der Waals surface area contributed by atoms with E-state index in [4.69, 9.17) is 0 Å². The number of unbranched alkanes of at least 4 members (excludes halogenated alkanes) is 1. The second-order valence-corrected chi connectivity index (χ2v) is 1.57. The summed E-state index contributed by atoms with van der Waals surface area (Å²) in [5.41, 5.74) is 0. The van der Waals surface area contributed by atoms with E-state index in [0.717, 1.165) is 6.29 Å². The highest BCUT2D eigenvalue weighted by atomic mass is 16.1. The highest BCUT2D eigenvalue weighted by molar-refractivity contribution is 5.48. The Morgan fingerprint density at radius 3 is 1.38 bits per heavy atom. The summed E-state index contributed by atoms with van der Waals surface area (Å²) < 4.78 is 0. The summed E-state index contributed by atoms with van der Waals surface area (Å²) in [6, 6.07) is 0. The van der Waals surface area contributed by atoms with Crippen molar-refractivity contribution in [2.75, 3.05) is 0 Å². The number of rotatable bonds is 2. The third kappa shape index (κ3) is 44.3. The molecule has 1 heteroatoms. The van der Waals surface area contributed by atoms with Crippen LogP contribution >= 0.6 is 0 Å². The molecule has 0 aromatic heterocycles. The molecule has 0 aliphatic heterocycles. The molecule has 0 fully saturated rings. The van der Waals surface area contributed by atoms with E-state index in [1.807, 2.05) is 6.92 Å². The van der Waals surface area contributed by atoms with Crippen molar-refractivity contribution in [2.24, 2.45) is 0 Å². The number of carbonyl (C=O) groups is 1. The number of hydrogen-bond acceptors (Lipinski definition) is 1. The van der Waals surface area contributed by atoms with E-state index in [-0.39, 0.29) is 0 Å². The smallest absolute Gasteiger partial charge is 0.119 e. The van der Waals surface area contributed by atoms with Crippen LogP contribution in [0, 0.1) is 0 Å². The topological polar surface area (TPSA) is 17.1 Å². The third-order valence-corrected chi connectivity index (χ3v) is 0.667. The zero-order chi connectivity index (χ0) is 6.83. The summed E-state index contributed by atoms with van der Waals surface area (Å²) in [5, 5.41) is 0. The minimum absolute atomic E-state index is 0.639. The SMILES string of the molecule is CCC=O.CCCC. The lowest BCUT2D eigenvalue weighted by Crippen LogP contribution is -1.55. The molecule has 8 heavy (non-hydrogen) atoms. The average Bonchev–Trinajstić information content (AvgIpc) is 1.88. The molecule has 0 rings (SSSR count). The molecule has 0 aromatic rings. The van der Waals surface area contributed by atoms with E-state index in [1.54, 1.807) is 0 Å². The van der Waals surface area contributed by atoms with Gasteiger partial charge in [-0.25, -0.2) is 0 Å². The van der Waals surface area contributed by atoms with Crippen LogP contribution in [-0.4, -0.2) is 6.29 Å². The molecule has 0 aliphatic rings. The lowest BCUT2D eigenvalue weighted by Gasteiger charge is -1.68. The monoisotopic (exact) mass is 116 g/mol. The predicted octanol–water partition coefficient (Wildman–Crippen LogP) is 2.40. The van der Waals surface area contributed by atoms with E-state index < -0.39 is 0 Å². The van der Waals surface area contributed by atoms with Gasteiger partial charge in [-0.2, -0.15) is 0 Å². The maximum absolute atomic E-state index is 9.17. The molecule has 0 spiro atoms. The van der Waals surface area contributed by atoms with Gasteiger partial charge in [-0.1, -0.05) is 33.6 Å². The summed E-state index contributed by atoms with van der Waals surface area (Å²) in [5.74, 6) is 0. The van der Waals surface area contributed by atoms with E-state index >= 15 is 0 Å². The van der Waals surface area contributed by atoms with Gasteiger partial charge in [0.2, 0.25) is 0 Å². The first-order valence-corrected chi connectivity index (χ1v) is 3.27. The first-order valence-electron chi connectivity index (χ1n) is 3.27. The summed E-state index contributed by atoms with van der Waals surface area (Å²) in [6.45, 7) is 6.17. The van der Waals surface area contributed by atoms with Crippen LogP contribution in [0.3, 0.4) is 0 Å². The Kier molecular flexibility index (Phi) is 21.1. The van der Waals surface area contributed by atoms with Gasteiger partial charge in [-0.05, 0) is 0 Å². The minimum atomic E-state index is 0.639. The van der Waals surface area contributed by atoms with E-state index in [2.05, 4.69) is 13.8 Å².